The molecule has 0 saturated heterocycles. The summed E-state index contributed by atoms with van der Waals surface area (Å²) in [4.78, 5) is 23.8. The molecule has 1 amide bonds. The molecule has 4 nitrogen and oxygen atoms in total. The maximum Gasteiger partial charge on any atom is 0.315 e. The summed E-state index contributed by atoms with van der Waals surface area (Å²) in [5.41, 5.74) is -0.414. The number of allylic oxidation sites excluding steroid dienone is 2. The largest absolute Gasteiger partial charge is 0.481 e. The molecule has 112 valence electrons. The van der Waals surface area contributed by atoms with Crippen molar-refractivity contribution in [1.82, 2.24) is 5.32 Å². The summed E-state index contributed by atoms with van der Waals surface area (Å²) >= 11 is 0. The van der Waals surface area contributed by atoms with E-state index in [1.807, 2.05) is 24.3 Å². The summed E-state index contributed by atoms with van der Waals surface area (Å²) in [6.45, 7) is 1.75. The van der Waals surface area contributed by atoms with Crippen molar-refractivity contribution in [3.05, 3.63) is 48.0 Å². The first-order valence-electron chi connectivity index (χ1n) is 7.25. The van der Waals surface area contributed by atoms with Gasteiger partial charge in [-0.25, -0.2) is 0 Å². The molecule has 2 atom stereocenters. The molecule has 0 bridgehead atoms. The molecule has 0 heterocycles. The van der Waals surface area contributed by atoms with Crippen molar-refractivity contribution >= 4 is 11.9 Å². The topological polar surface area (TPSA) is 66.4 Å². The van der Waals surface area contributed by atoms with E-state index in [1.165, 1.54) is 0 Å². The van der Waals surface area contributed by atoms with Gasteiger partial charge in [-0.05, 0) is 31.7 Å². The van der Waals surface area contributed by atoms with Crippen LogP contribution in [0.3, 0.4) is 0 Å². The van der Waals surface area contributed by atoms with E-state index in [0.29, 0.717) is 5.56 Å². The predicted octanol–water partition coefficient (Wildman–Crippen LogP) is 2.50. The van der Waals surface area contributed by atoms with Crippen LogP contribution in [0.25, 0.3) is 0 Å². The molecule has 0 saturated carbocycles. The number of benzene rings is 1. The first-order chi connectivity index (χ1) is 10.0. The summed E-state index contributed by atoms with van der Waals surface area (Å²) in [5, 5.41) is 12.4. The third-order valence-corrected chi connectivity index (χ3v) is 4.14. The summed E-state index contributed by atoms with van der Waals surface area (Å²) in [7, 11) is 0. The molecule has 0 fully saturated rings. The average molecular weight is 287 g/mol. The van der Waals surface area contributed by atoms with Gasteiger partial charge in [-0.15, -0.1) is 0 Å². The molecule has 1 aromatic rings. The molecule has 0 radical (unpaired) electrons. The maximum absolute atomic E-state index is 12.2. The van der Waals surface area contributed by atoms with Crippen LogP contribution in [0.2, 0.25) is 0 Å². The number of carboxylic acid groups (broad SMARTS) is 1. The monoisotopic (exact) mass is 287 g/mol. The summed E-state index contributed by atoms with van der Waals surface area (Å²) < 4.78 is 0. The SMILES string of the molecule is CC(CNC(=O)C1CC=CCC1)(C(=O)O)c1ccccc1. The maximum atomic E-state index is 12.2. The zero-order valence-corrected chi connectivity index (χ0v) is 12.2. The van der Waals surface area contributed by atoms with Gasteiger partial charge in [0.1, 0.15) is 5.41 Å². The second-order valence-electron chi connectivity index (χ2n) is 5.70. The molecule has 21 heavy (non-hydrogen) atoms. The first-order valence-corrected chi connectivity index (χ1v) is 7.25. The van der Waals surface area contributed by atoms with E-state index in [-0.39, 0.29) is 18.4 Å². The Bertz CT molecular complexity index is 538. The molecule has 1 aliphatic rings. The molecule has 1 aliphatic carbocycles. The van der Waals surface area contributed by atoms with E-state index in [0.717, 1.165) is 19.3 Å². The van der Waals surface area contributed by atoms with Crippen molar-refractivity contribution in [2.24, 2.45) is 5.92 Å². The highest BCUT2D eigenvalue weighted by Gasteiger charge is 2.36. The number of hydrogen-bond acceptors (Lipinski definition) is 2. The van der Waals surface area contributed by atoms with E-state index in [1.54, 1.807) is 19.1 Å². The van der Waals surface area contributed by atoms with Crippen LogP contribution in [0.4, 0.5) is 0 Å². The van der Waals surface area contributed by atoms with E-state index < -0.39 is 11.4 Å². The van der Waals surface area contributed by atoms with Crippen LogP contribution < -0.4 is 5.32 Å². The summed E-state index contributed by atoms with van der Waals surface area (Å²) in [5.74, 6) is -1.02. The molecule has 1 aromatic carbocycles. The van der Waals surface area contributed by atoms with Crippen molar-refractivity contribution in [2.75, 3.05) is 6.54 Å². The van der Waals surface area contributed by atoms with Gasteiger partial charge in [-0.3, -0.25) is 9.59 Å². The molecule has 2 N–H and O–H groups in total. The van der Waals surface area contributed by atoms with Gasteiger partial charge in [0.05, 0.1) is 0 Å². The Labute approximate surface area is 124 Å². The van der Waals surface area contributed by atoms with E-state index >= 15 is 0 Å². The Morgan fingerprint density at radius 3 is 2.57 bits per heavy atom. The van der Waals surface area contributed by atoms with E-state index in [9.17, 15) is 14.7 Å². The van der Waals surface area contributed by atoms with Crippen LogP contribution in [0, 0.1) is 5.92 Å². The Morgan fingerprint density at radius 2 is 2.00 bits per heavy atom. The first kappa shape index (κ1) is 15.3. The van der Waals surface area contributed by atoms with Crippen molar-refractivity contribution < 1.29 is 14.7 Å². The summed E-state index contributed by atoms with van der Waals surface area (Å²) in [6, 6.07) is 9.03. The molecule has 2 rings (SSSR count). The lowest BCUT2D eigenvalue weighted by molar-refractivity contribution is -0.143. The zero-order chi connectivity index (χ0) is 15.3. The highest BCUT2D eigenvalue weighted by Crippen LogP contribution is 2.24. The predicted molar refractivity (Wildman–Crippen MR) is 80.9 cm³/mol. The van der Waals surface area contributed by atoms with Crippen LogP contribution in [-0.4, -0.2) is 23.5 Å². The van der Waals surface area contributed by atoms with Crippen molar-refractivity contribution in [2.45, 2.75) is 31.6 Å². The second kappa shape index (κ2) is 6.57. The van der Waals surface area contributed by atoms with Gasteiger partial charge in [0, 0.05) is 12.5 Å². The minimum Gasteiger partial charge on any atom is -0.481 e. The third-order valence-electron chi connectivity index (χ3n) is 4.14. The molecular weight excluding hydrogens is 266 g/mol. The molecular formula is C17H21NO3. The second-order valence-corrected chi connectivity index (χ2v) is 5.70. The average Bonchev–Trinajstić information content (AvgIpc) is 2.53. The fourth-order valence-corrected chi connectivity index (χ4v) is 2.55. The fraction of sp³-hybridized carbons (Fsp3) is 0.412. The van der Waals surface area contributed by atoms with Crippen LogP contribution >= 0.6 is 0 Å². The number of carbonyl (C=O) groups excluding carboxylic acids is 1. The third kappa shape index (κ3) is 3.51. The lowest BCUT2D eigenvalue weighted by atomic mass is 9.82. The number of rotatable bonds is 5. The molecule has 0 aromatic heterocycles. The standard InChI is InChI=1S/C17H21NO3/c1-17(16(20)21,14-10-6-3-7-11-14)12-18-15(19)13-8-4-2-5-9-13/h2-4,6-7,10-11,13H,5,8-9,12H2,1H3,(H,18,19)(H,20,21). The van der Waals surface area contributed by atoms with Gasteiger partial charge in [0.2, 0.25) is 5.91 Å². The van der Waals surface area contributed by atoms with Crippen LogP contribution in [0.5, 0.6) is 0 Å². The van der Waals surface area contributed by atoms with Gasteiger partial charge in [-0.1, -0.05) is 42.5 Å². The van der Waals surface area contributed by atoms with Crippen molar-refractivity contribution in [3.8, 4) is 0 Å². The quantitative estimate of drug-likeness (QED) is 0.818. The minimum atomic E-state index is -1.11. The van der Waals surface area contributed by atoms with Gasteiger partial charge in [0.25, 0.3) is 0 Å². The minimum absolute atomic E-state index is 0.0381. The normalized spacial score (nSPS) is 20.5. The number of aliphatic carboxylic acids is 1. The Hall–Kier alpha value is -2.10. The Balaban J connectivity index is 2.05. The van der Waals surface area contributed by atoms with Gasteiger partial charge in [-0.2, -0.15) is 0 Å². The van der Waals surface area contributed by atoms with Gasteiger partial charge in [0.15, 0.2) is 0 Å². The number of nitrogens with one attached hydrogen (secondary N) is 1. The van der Waals surface area contributed by atoms with Crippen LogP contribution in [0.15, 0.2) is 42.5 Å². The lowest BCUT2D eigenvalue weighted by Crippen LogP contribution is -2.46. The van der Waals surface area contributed by atoms with E-state index in [4.69, 9.17) is 0 Å². The highest BCUT2D eigenvalue weighted by molar-refractivity contribution is 5.84. The zero-order valence-electron chi connectivity index (χ0n) is 12.2. The fourth-order valence-electron chi connectivity index (χ4n) is 2.55. The molecule has 4 heteroatoms. The number of amides is 1. The van der Waals surface area contributed by atoms with Crippen molar-refractivity contribution in [1.29, 1.82) is 0 Å². The van der Waals surface area contributed by atoms with E-state index in [2.05, 4.69) is 11.4 Å². The number of carboxylic acids is 1. The molecule has 0 spiro atoms. The van der Waals surface area contributed by atoms with Crippen LogP contribution in [0.1, 0.15) is 31.7 Å². The van der Waals surface area contributed by atoms with Gasteiger partial charge >= 0.3 is 5.97 Å². The Kier molecular flexibility index (Phi) is 4.78. The van der Waals surface area contributed by atoms with Crippen molar-refractivity contribution in [3.63, 3.8) is 0 Å². The number of carbonyl (C=O) groups is 2. The summed E-state index contributed by atoms with van der Waals surface area (Å²) in [6.07, 6.45) is 6.57. The smallest absolute Gasteiger partial charge is 0.315 e. The highest BCUT2D eigenvalue weighted by atomic mass is 16.4. The Morgan fingerprint density at radius 1 is 1.29 bits per heavy atom. The van der Waals surface area contributed by atoms with Crippen LogP contribution in [-0.2, 0) is 15.0 Å². The lowest BCUT2D eigenvalue weighted by Gasteiger charge is -2.27. The number of hydrogen-bond donors (Lipinski definition) is 2. The van der Waals surface area contributed by atoms with Gasteiger partial charge < -0.3 is 10.4 Å². The molecule has 2 unspecified atom stereocenters. The molecule has 0 aliphatic heterocycles.